The standard InChI is InChI=1S/C23H34O13/c1-32-11-6-10(4-3-5-24)7-12(33-2)15(11)22-20(30)18(28)17(27)14(35-22)9-34-23-21(31)19(29)16(26)13(8-25)36-23/h3-4,6-7,13-14,16-31H,5,8-9H2,1-2H3/b4-3+/t13-,14-,16-,17-,18+,19+,20-,21-,22+,23-/m1/s1. The molecule has 0 radical (unpaired) electrons. The van der Waals surface area contributed by atoms with E-state index in [1.807, 2.05) is 0 Å². The third-order valence-corrected chi connectivity index (χ3v) is 6.25. The van der Waals surface area contributed by atoms with E-state index in [0.29, 0.717) is 5.56 Å². The number of methoxy groups -OCH3 is 2. The van der Waals surface area contributed by atoms with Crippen LogP contribution in [0.5, 0.6) is 11.5 Å². The molecule has 13 heteroatoms. The molecule has 2 aliphatic heterocycles. The van der Waals surface area contributed by atoms with Gasteiger partial charge in [0.1, 0.15) is 66.4 Å². The van der Waals surface area contributed by atoms with Crippen LogP contribution in [0, 0.1) is 0 Å². The Morgan fingerprint density at radius 2 is 1.36 bits per heavy atom. The van der Waals surface area contributed by atoms with Crippen molar-refractivity contribution in [1.29, 1.82) is 0 Å². The quantitative estimate of drug-likeness (QED) is 0.165. The van der Waals surface area contributed by atoms with Gasteiger partial charge in [-0.25, -0.2) is 0 Å². The lowest BCUT2D eigenvalue weighted by atomic mass is 9.89. The van der Waals surface area contributed by atoms with Gasteiger partial charge in [-0.1, -0.05) is 12.2 Å². The molecule has 2 fully saturated rings. The Hall–Kier alpha value is -1.88. The minimum absolute atomic E-state index is 0.183. The highest BCUT2D eigenvalue weighted by Gasteiger charge is 2.48. The molecular formula is C23H34O13. The van der Waals surface area contributed by atoms with Crippen LogP contribution in [-0.2, 0) is 14.2 Å². The fraction of sp³-hybridized carbons (Fsp3) is 0.652. The van der Waals surface area contributed by atoms with Crippen LogP contribution in [0.2, 0.25) is 0 Å². The van der Waals surface area contributed by atoms with Gasteiger partial charge in [0.2, 0.25) is 0 Å². The highest BCUT2D eigenvalue weighted by Crippen LogP contribution is 2.43. The largest absolute Gasteiger partial charge is 0.496 e. The molecule has 204 valence electrons. The maximum atomic E-state index is 10.7. The molecule has 0 amide bonds. The van der Waals surface area contributed by atoms with E-state index in [1.54, 1.807) is 18.2 Å². The molecule has 2 saturated heterocycles. The predicted molar refractivity (Wildman–Crippen MR) is 121 cm³/mol. The molecule has 0 aromatic heterocycles. The number of benzene rings is 1. The van der Waals surface area contributed by atoms with Gasteiger partial charge in [-0.05, 0) is 17.7 Å². The molecule has 3 rings (SSSR count). The van der Waals surface area contributed by atoms with Crippen molar-refractivity contribution in [3.63, 3.8) is 0 Å². The topological polar surface area (TPSA) is 208 Å². The zero-order valence-corrected chi connectivity index (χ0v) is 19.8. The van der Waals surface area contributed by atoms with E-state index in [2.05, 4.69) is 0 Å². The molecule has 36 heavy (non-hydrogen) atoms. The molecule has 2 aliphatic rings. The van der Waals surface area contributed by atoms with Crippen molar-refractivity contribution in [2.75, 3.05) is 34.0 Å². The van der Waals surface area contributed by atoms with Crippen molar-refractivity contribution in [1.82, 2.24) is 0 Å². The zero-order chi connectivity index (χ0) is 26.6. The normalized spacial score (nSPS) is 37.3. The summed E-state index contributed by atoms with van der Waals surface area (Å²) in [4.78, 5) is 0. The Morgan fingerprint density at radius 1 is 0.778 bits per heavy atom. The summed E-state index contributed by atoms with van der Waals surface area (Å²) in [5, 5.41) is 80.2. The number of hydrogen-bond acceptors (Lipinski definition) is 13. The van der Waals surface area contributed by atoms with Gasteiger partial charge in [-0.2, -0.15) is 0 Å². The number of aliphatic hydroxyl groups excluding tert-OH is 8. The number of aliphatic hydroxyl groups is 8. The first-order chi connectivity index (χ1) is 17.2. The van der Waals surface area contributed by atoms with Crippen LogP contribution in [-0.4, -0.2) is 130 Å². The third kappa shape index (κ3) is 5.82. The fourth-order valence-electron chi connectivity index (χ4n) is 4.25. The monoisotopic (exact) mass is 518 g/mol. The van der Waals surface area contributed by atoms with Gasteiger partial charge in [0.05, 0.1) is 39.6 Å². The molecule has 2 heterocycles. The van der Waals surface area contributed by atoms with E-state index >= 15 is 0 Å². The van der Waals surface area contributed by atoms with E-state index in [0.717, 1.165) is 0 Å². The van der Waals surface area contributed by atoms with Gasteiger partial charge in [-0.15, -0.1) is 0 Å². The smallest absolute Gasteiger partial charge is 0.186 e. The first kappa shape index (κ1) is 28.7. The Bertz CT molecular complexity index is 853. The Balaban J connectivity index is 1.84. The average molecular weight is 519 g/mol. The summed E-state index contributed by atoms with van der Waals surface area (Å²) in [5.41, 5.74) is 0.868. The molecule has 10 atom stereocenters. The second-order valence-electron chi connectivity index (χ2n) is 8.52. The molecule has 0 aliphatic carbocycles. The second-order valence-corrected chi connectivity index (χ2v) is 8.52. The zero-order valence-electron chi connectivity index (χ0n) is 19.8. The maximum Gasteiger partial charge on any atom is 0.186 e. The van der Waals surface area contributed by atoms with E-state index in [-0.39, 0.29) is 23.7 Å². The van der Waals surface area contributed by atoms with E-state index in [4.69, 9.17) is 28.8 Å². The number of rotatable bonds is 9. The lowest BCUT2D eigenvalue weighted by molar-refractivity contribution is -0.314. The van der Waals surface area contributed by atoms with E-state index in [1.165, 1.54) is 20.3 Å². The molecule has 0 spiro atoms. The molecule has 8 N–H and O–H groups in total. The van der Waals surface area contributed by atoms with Gasteiger partial charge in [0, 0.05) is 0 Å². The minimum atomic E-state index is -1.67. The van der Waals surface area contributed by atoms with Crippen LogP contribution < -0.4 is 9.47 Å². The van der Waals surface area contributed by atoms with Gasteiger partial charge in [-0.3, -0.25) is 0 Å². The van der Waals surface area contributed by atoms with Crippen molar-refractivity contribution in [2.45, 2.75) is 61.2 Å². The van der Waals surface area contributed by atoms with Crippen LogP contribution in [0.15, 0.2) is 18.2 Å². The van der Waals surface area contributed by atoms with Crippen LogP contribution in [0.1, 0.15) is 17.2 Å². The molecule has 0 saturated carbocycles. The Kier molecular flexibility index (Phi) is 10.0. The minimum Gasteiger partial charge on any atom is -0.496 e. The second kappa shape index (κ2) is 12.6. The van der Waals surface area contributed by atoms with Crippen molar-refractivity contribution in [3.8, 4) is 11.5 Å². The Labute approximate surface area is 207 Å². The summed E-state index contributed by atoms with van der Waals surface area (Å²) >= 11 is 0. The predicted octanol–water partition coefficient (Wildman–Crippen LogP) is -2.95. The molecule has 0 bridgehead atoms. The van der Waals surface area contributed by atoms with Crippen molar-refractivity contribution >= 4 is 6.08 Å². The van der Waals surface area contributed by atoms with E-state index < -0.39 is 74.4 Å². The molecule has 13 nitrogen and oxygen atoms in total. The van der Waals surface area contributed by atoms with Gasteiger partial charge in [0.15, 0.2) is 6.29 Å². The summed E-state index contributed by atoms with van der Waals surface area (Å²) in [6.45, 7) is -1.30. The van der Waals surface area contributed by atoms with Crippen LogP contribution in [0.25, 0.3) is 6.08 Å². The van der Waals surface area contributed by atoms with Crippen molar-refractivity contribution in [3.05, 3.63) is 29.3 Å². The Morgan fingerprint density at radius 3 is 1.92 bits per heavy atom. The molecule has 1 aromatic carbocycles. The highest BCUT2D eigenvalue weighted by atomic mass is 16.7. The summed E-state index contributed by atoms with van der Waals surface area (Å²) < 4.78 is 27.6. The maximum absolute atomic E-state index is 10.7. The first-order valence-corrected chi connectivity index (χ1v) is 11.3. The van der Waals surface area contributed by atoms with E-state index in [9.17, 15) is 35.7 Å². The summed E-state index contributed by atoms with van der Waals surface area (Å²) in [6.07, 6.45) is -11.8. The molecular weight excluding hydrogens is 484 g/mol. The summed E-state index contributed by atoms with van der Waals surface area (Å²) in [6, 6.07) is 3.22. The molecule has 0 unspecified atom stereocenters. The fourth-order valence-corrected chi connectivity index (χ4v) is 4.25. The molecule has 1 aromatic rings. The average Bonchev–Trinajstić information content (AvgIpc) is 2.89. The highest BCUT2D eigenvalue weighted by molar-refractivity contribution is 5.60. The first-order valence-electron chi connectivity index (χ1n) is 11.3. The van der Waals surface area contributed by atoms with Crippen LogP contribution >= 0.6 is 0 Å². The van der Waals surface area contributed by atoms with Gasteiger partial charge >= 0.3 is 0 Å². The van der Waals surface area contributed by atoms with Crippen molar-refractivity contribution < 1.29 is 64.5 Å². The van der Waals surface area contributed by atoms with Crippen molar-refractivity contribution in [2.24, 2.45) is 0 Å². The summed E-state index contributed by atoms with van der Waals surface area (Å²) in [7, 11) is 2.77. The lowest BCUT2D eigenvalue weighted by Crippen LogP contribution is -2.60. The van der Waals surface area contributed by atoms with Gasteiger partial charge in [0.25, 0.3) is 0 Å². The van der Waals surface area contributed by atoms with Gasteiger partial charge < -0.3 is 64.5 Å². The lowest BCUT2D eigenvalue weighted by Gasteiger charge is -2.43. The summed E-state index contributed by atoms with van der Waals surface area (Å²) in [5.74, 6) is 0.487. The number of ether oxygens (including phenoxy) is 5. The number of hydrogen-bond donors (Lipinski definition) is 8. The third-order valence-electron chi connectivity index (χ3n) is 6.25. The van der Waals surface area contributed by atoms with Crippen LogP contribution in [0.4, 0.5) is 0 Å². The SMILES string of the molecule is COc1cc(/C=C/CO)cc(OC)c1[C@@H]1O[C@H](CO[C@@H]2O[C@H](CO)[C@@H](O)[C@H](O)[C@H]2O)[C@@H](O)[C@H](O)[C@H]1O. The van der Waals surface area contributed by atoms with Crippen LogP contribution in [0.3, 0.4) is 0 Å².